The number of para-hydroxylation sites is 1. The van der Waals surface area contributed by atoms with Gasteiger partial charge in [-0.3, -0.25) is 4.79 Å². The third-order valence-corrected chi connectivity index (χ3v) is 8.80. The van der Waals surface area contributed by atoms with E-state index >= 15 is 4.39 Å². The van der Waals surface area contributed by atoms with E-state index in [-0.39, 0.29) is 53.9 Å². The molecule has 2 aliphatic rings. The standard InChI is InChI=1S/C28H24F3N3O5S/c1-2-40(36,37)20-9-6-17(7-10-20)15-32-25(35)18-8-11-22-21(14-18)33-26(27(29)12-13-27)34(22)16-19-4-3-5-23-24(19)39-28(30,31)38-23/h3-11,14H,2,12-13,15-16H2,1H3,(H,32,35). The number of hydrogen-bond donors (Lipinski definition) is 1. The highest BCUT2D eigenvalue weighted by atomic mass is 32.2. The smallest absolute Gasteiger partial charge is 0.395 e. The fourth-order valence-corrected chi connectivity index (χ4v) is 5.58. The minimum absolute atomic E-state index is 0.00174. The Hall–Kier alpha value is -4.06. The number of aromatic nitrogens is 2. The van der Waals surface area contributed by atoms with Gasteiger partial charge in [0.1, 0.15) is 5.82 Å². The van der Waals surface area contributed by atoms with E-state index in [1.54, 1.807) is 54.0 Å². The lowest BCUT2D eigenvalue weighted by atomic mass is 10.1. The number of fused-ring (bicyclic) bond motifs is 2. The molecule has 6 rings (SSSR count). The molecule has 1 amide bonds. The number of nitrogens with one attached hydrogen (secondary N) is 1. The zero-order chi connectivity index (χ0) is 28.3. The quantitative estimate of drug-likeness (QED) is 0.317. The molecule has 1 aromatic heterocycles. The van der Waals surface area contributed by atoms with Crippen molar-refractivity contribution in [2.24, 2.45) is 0 Å². The summed E-state index contributed by atoms with van der Waals surface area (Å²) < 4.78 is 77.6. The van der Waals surface area contributed by atoms with Gasteiger partial charge >= 0.3 is 6.29 Å². The van der Waals surface area contributed by atoms with Gasteiger partial charge in [-0.25, -0.2) is 17.8 Å². The number of carbonyl (C=O) groups is 1. The SMILES string of the molecule is CCS(=O)(=O)c1ccc(CNC(=O)c2ccc3c(c2)nc(C2(F)CC2)n3Cc2cccc3c2OC(F)(F)O3)cc1. The highest BCUT2D eigenvalue weighted by Gasteiger charge is 2.50. The van der Waals surface area contributed by atoms with Crippen molar-refractivity contribution >= 4 is 26.8 Å². The zero-order valence-corrected chi connectivity index (χ0v) is 22.1. The Balaban J connectivity index is 1.25. The average molecular weight is 572 g/mol. The Kier molecular flexibility index (Phi) is 6.06. The first-order chi connectivity index (χ1) is 19.0. The summed E-state index contributed by atoms with van der Waals surface area (Å²) in [5, 5.41) is 2.79. The summed E-state index contributed by atoms with van der Waals surface area (Å²) in [4.78, 5) is 17.6. The number of imidazole rings is 1. The van der Waals surface area contributed by atoms with E-state index < -0.39 is 27.7 Å². The molecule has 0 spiro atoms. The molecule has 1 fully saturated rings. The van der Waals surface area contributed by atoms with Crippen LogP contribution in [0.25, 0.3) is 11.0 Å². The summed E-state index contributed by atoms with van der Waals surface area (Å²) in [5.74, 6) is -0.447. The lowest BCUT2D eigenvalue weighted by Crippen LogP contribution is -2.26. The second kappa shape index (κ2) is 9.26. The van der Waals surface area contributed by atoms with Crippen molar-refractivity contribution in [2.75, 3.05) is 5.75 Å². The van der Waals surface area contributed by atoms with Gasteiger partial charge in [0.05, 0.1) is 28.2 Å². The van der Waals surface area contributed by atoms with Crippen LogP contribution >= 0.6 is 0 Å². The molecule has 0 saturated heterocycles. The van der Waals surface area contributed by atoms with Gasteiger partial charge < -0.3 is 19.4 Å². The predicted molar refractivity (Wildman–Crippen MR) is 139 cm³/mol. The molecule has 40 heavy (non-hydrogen) atoms. The summed E-state index contributed by atoms with van der Waals surface area (Å²) in [6, 6.07) is 15.6. The van der Waals surface area contributed by atoms with E-state index in [1.807, 2.05) is 0 Å². The molecule has 0 unspecified atom stereocenters. The van der Waals surface area contributed by atoms with Crippen molar-refractivity contribution in [3.8, 4) is 11.5 Å². The Morgan fingerprint density at radius 2 is 1.80 bits per heavy atom. The van der Waals surface area contributed by atoms with Gasteiger partial charge in [-0.15, -0.1) is 8.78 Å². The van der Waals surface area contributed by atoms with E-state index in [9.17, 15) is 22.0 Å². The average Bonchev–Trinajstić information content (AvgIpc) is 3.44. The molecule has 1 N–H and O–H groups in total. The molecule has 1 aliphatic carbocycles. The largest absolute Gasteiger partial charge is 0.586 e. The molecule has 12 heteroatoms. The third kappa shape index (κ3) is 4.76. The van der Waals surface area contributed by atoms with Gasteiger partial charge in [0, 0.05) is 17.7 Å². The van der Waals surface area contributed by atoms with Gasteiger partial charge in [0.2, 0.25) is 0 Å². The van der Waals surface area contributed by atoms with Gasteiger partial charge in [-0.05, 0) is 54.8 Å². The van der Waals surface area contributed by atoms with Crippen LogP contribution in [0.4, 0.5) is 13.2 Å². The molecular formula is C28H24F3N3O5S. The number of rotatable bonds is 8. The number of sulfone groups is 1. The minimum Gasteiger partial charge on any atom is -0.395 e. The Morgan fingerprint density at radius 1 is 1.05 bits per heavy atom. The van der Waals surface area contributed by atoms with Gasteiger partial charge in [-0.2, -0.15) is 0 Å². The van der Waals surface area contributed by atoms with Gasteiger partial charge in [-0.1, -0.05) is 31.2 Å². The molecule has 1 saturated carbocycles. The summed E-state index contributed by atoms with van der Waals surface area (Å²) >= 11 is 0. The first kappa shape index (κ1) is 26.2. The maximum Gasteiger partial charge on any atom is 0.586 e. The van der Waals surface area contributed by atoms with Crippen LogP contribution in [0, 0.1) is 0 Å². The summed E-state index contributed by atoms with van der Waals surface area (Å²) in [5.41, 5.74) is 0.671. The highest BCUT2D eigenvalue weighted by Crippen LogP contribution is 2.50. The number of hydrogen-bond acceptors (Lipinski definition) is 6. The van der Waals surface area contributed by atoms with Crippen molar-refractivity contribution in [1.82, 2.24) is 14.9 Å². The van der Waals surface area contributed by atoms with Crippen LogP contribution in [-0.4, -0.2) is 35.9 Å². The topological polar surface area (TPSA) is 99.5 Å². The maximum absolute atomic E-state index is 15.3. The number of ether oxygens (including phenoxy) is 2. The van der Waals surface area contributed by atoms with Crippen molar-refractivity contribution in [1.29, 1.82) is 0 Å². The predicted octanol–water partition coefficient (Wildman–Crippen LogP) is 5.09. The zero-order valence-electron chi connectivity index (χ0n) is 21.3. The number of carbonyl (C=O) groups excluding carboxylic acids is 1. The normalized spacial score (nSPS) is 16.7. The second-order valence-corrected chi connectivity index (χ2v) is 12.1. The van der Waals surface area contributed by atoms with Crippen molar-refractivity contribution in [3.05, 3.63) is 83.2 Å². The molecule has 0 atom stereocenters. The molecule has 8 nitrogen and oxygen atoms in total. The lowest BCUT2D eigenvalue weighted by molar-refractivity contribution is -0.287. The fraction of sp³-hybridized carbons (Fsp3) is 0.286. The summed E-state index contributed by atoms with van der Waals surface area (Å²) in [6.07, 6.45) is -3.22. The molecular weight excluding hydrogens is 547 g/mol. The molecule has 208 valence electrons. The Bertz CT molecular complexity index is 1750. The van der Waals surface area contributed by atoms with E-state index in [0.717, 1.165) is 5.56 Å². The van der Waals surface area contributed by atoms with Crippen LogP contribution in [0.5, 0.6) is 11.5 Å². The number of alkyl halides is 3. The number of halogens is 3. The van der Waals surface area contributed by atoms with E-state index in [2.05, 4.69) is 15.0 Å². The first-order valence-electron chi connectivity index (χ1n) is 12.7. The monoisotopic (exact) mass is 571 g/mol. The second-order valence-electron chi connectivity index (χ2n) is 9.83. The lowest BCUT2D eigenvalue weighted by Gasteiger charge is -2.13. The Labute approximate surface area is 227 Å². The highest BCUT2D eigenvalue weighted by molar-refractivity contribution is 7.91. The van der Waals surface area contributed by atoms with Crippen molar-refractivity contribution < 1.29 is 35.9 Å². The fourth-order valence-electron chi connectivity index (χ4n) is 4.69. The van der Waals surface area contributed by atoms with Crippen LogP contribution in [-0.2, 0) is 28.6 Å². The van der Waals surface area contributed by atoms with Crippen LogP contribution in [0.15, 0.2) is 65.6 Å². The van der Waals surface area contributed by atoms with Crippen molar-refractivity contribution in [3.63, 3.8) is 0 Å². The molecule has 4 aromatic rings. The maximum atomic E-state index is 15.3. The van der Waals surface area contributed by atoms with Crippen LogP contribution in [0.3, 0.4) is 0 Å². The van der Waals surface area contributed by atoms with Gasteiger partial charge in [0.25, 0.3) is 5.91 Å². The van der Waals surface area contributed by atoms with Crippen molar-refractivity contribution in [2.45, 2.75) is 49.7 Å². The van der Waals surface area contributed by atoms with E-state index in [1.165, 1.54) is 18.2 Å². The molecule has 0 radical (unpaired) electrons. The van der Waals surface area contributed by atoms with Crippen LogP contribution < -0.4 is 14.8 Å². The summed E-state index contributed by atoms with van der Waals surface area (Å²) in [7, 11) is -3.32. The number of nitrogens with zero attached hydrogens (tertiary/aromatic N) is 2. The molecule has 3 aromatic carbocycles. The van der Waals surface area contributed by atoms with E-state index in [4.69, 9.17) is 4.74 Å². The molecule has 2 heterocycles. The minimum atomic E-state index is -3.78. The van der Waals surface area contributed by atoms with Gasteiger partial charge in [0.15, 0.2) is 27.0 Å². The summed E-state index contributed by atoms with van der Waals surface area (Å²) in [6.45, 7) is 1.75. The van der Waals surface area contributed by atoms with E-state index in [0.29, 0.717) is 22.2 Å². The number of benzene rings is 3. The third-order valence-electron chi connectivity index (χ3n) is 7.05. The molecule has 1 aliphatic heterocycles. The van der Waals surface area contributed by atoms with Crippen LogP contribution in [0.2, 0.25) is 0 Å². The first-order valence-corrected chi connectivity index (χ1v) is 14.3. The molecule has 0 bridgehead atoms. The Morgan fingerprint density at radius 3 is 2.50 bits per heavy atom. The van der Waals surface area contributed by atoms with Crippen LogP contribution in [0.1, 0.15) is 47.1 Å². The number of amides is 1.